The van der Waals surface area contributed by atoms with Crippen LogP contribution in [-0.2, 0) is 0 Å². The SMILES string of the molecule is Cc1ccc2c(NC(=S)Nc3ccccc3)n[nH]c2n1. The highest BCUT2D eigenvalue weighted by atomic mass is 32.1. The van der Waals surface area contributed by atoms with Crippen LogP contribution >= 0.6 is 12.2 Å². The van der Waals surface area contributed by atoms with Gasteiger partial charge in [0, 0.05) is 11.4 Å². The summed E-state index contributed by atoms with van der Waals surface area (Å²) >= 11 is 5.28. The van der Waals surface area contributed by atoms with Gasteiger partial charge in [-0.15, -0.1) is 0 Å². The molecule has 1 aromatic carbocycles. The number of anilines is 2. The molecule has 0 bridgehead atoms. The summed E-state index contributed by atoms with van der Waals surface area (Å²) in [5.41, 5.74) is 2.62. The van der Waals surface area contributed by atoms with Crippen LogP contribution in [0.1, 0.15) is 5.69 Å². The molecule has 20 heavy (non-hydrogen) atoms. The van der Waals surface area contributed by atoms with Crippen molar-refractivity contribution in [2.75, 3.05) is 10.6 Å². The third-order valence-electron chi connectivity index (χ3n) is 2.83. The monoisotopic (exact) mass is 283 g/mol. The second-order valence-electron chi connectivity index (χ2n) is 4.37. The summed E-state index contributed by atoms with van der Waals surface area (Å²) in [7, 11) is 0. The second-order valence-corrected chi connectivity index (χ2v) is 4.77. The summed E-state index contributed by atoms with van der Waals surface area (Å²) in [6, 6.07) is 13.6. The molecule has 0 spiro atoms. The minimum absolute atomic E-state index is 0.491. The first kappa shape index (κ1) is 12.6. The summed E-state index contributed by atoms with van der Waals surface area (Å²) in [6.45, 7) is 1.94. The standard InChI is InChI=1S/C14H13N5S/c1-9-7-8-11-12(15-9)18-19-13(11)17-14(20)16-10-5-3-2-4-6-10/h2-8H,1H3,(H3,15,16,17,18,19,20). The number of nitrogens with one attached hydrogen (secondary N) is 3. The lowest BCUT2D eigenvalue weighted by atomic mass is 10.3. The van der Waals surface area contributed by atoms with Crippen LogP contribution in [0, 0.1) is 6.92 Å². The van der Waals surface area contributed by atoms with Gasteiger partial charge in [-0.1, -0.05) is 18.2 Å². The largest absolute Gasteiger partial charge is 0.332 e. The Balaban J connectivity index is 1.78. The third kappa shape index (κ3) is 2.60. The van der Waals surface area contributed by atoms with Crippen molar-refractivity contribution in [3.05, 3.63) is 48.2 Å². The Bertz CT molecular complexity index is 751. The van der Waals surface area contributed by atoms with Gasteiger partial charge in [0.2, 0.25) is 0 Å². The van der Waals surface area contributed by atoms with Gasteiger partial charge in [0.1, 0.15) is 0 Å². The van der Waals surface area contributed by atoms with Crippen LogP contribution < -0.4 is 10.6 Å². The minimum Gasteiger partial charge on any atom is -0.332 e. The number of aryl methyl sites for hydroxylation is 1. The van der Waals surface area contributed by atoms with E-state index in [9.17, 15) is 0 Å². The predicted octanol–water partition coefficient (Wildman–Crippen LogP) is 3.08. The van der Waals surface area contributed by atoms with Crippen LogP contribution in [-0.4, -0.2) is 20.3 Å². The van der Waals surface area contributed by atoms with Crippen LogP contribution in [0.15, 0.2) is 42.5 Å². The predicted molar refractivity (Wildman–Crippen MR) is 84.9 cm³/mol. The molecular formula is C14H13N5S. The first-order valence-corrected chi connectivity index (χ1v) is 6.58. The fraction of sp³-hybridized carbons (Fsp3) is 0.0714. The number of hydrogen-bond acceptors (Lipinski definition) is 3. The molecule has 0 unspecified atom stereocenters. The minimum atomic E-state index is 0.491. The maximum Gasteiger partial charge on any atom is 0.176 e. The Kier molecular flexibility index (Phi) is 3.30. The van der Waals surface area contributed by atoms with Crippen molar-refractivity contribution >= 4 is 39.9 Å². The van der Waals surface area contributed by atoms with Crippen molar-refractivity contribution in [1.29, 1.82) is 0 Å². The maximum atomic E-state index is 5.28. The highest BCUT2D eigenvalue weighted by Gasteiger charge is 2.08. The van der Waals surface area contributed by atoms with Crippen LogP contribution in [0.2, 0.25) is 0 Å². The van der Waals surface area contributed by atoms with Crippen LogP contribution in [0.5, 0.6) is 0 Å². The normalized spacial score (nSPS) is 10.4. The molecule has 0 aliphatic heterocycles. The molecule has 5 nitrogen and oxygen atoms in total. The quantitative estimate of drug-likeness (QED) is 0.631. The van der Waals surface area contributed by atoms with Gasteiger partial charge in [-0.2, -0.15) is 5.10 Å². The number of hydrogen-bond donors (Lipinski definition) is 3. The zero-order chi connectivity index (χ0) is 13.9. The molecule has 0 saturated carbocycles. The summed E-state index contributed by atoms with van der Waals surface area (Å²) in [5, 5.41) is 14.7. The lowest BCUT2D eigenvalue weighted by molar-refractivity contribution is 1.09. The Labute approximate surface area is 121 Å². The van der Waals surface area contributed by atoms with Gasteiger partial charge in [-0.3, -0.25) is 5.10 Å². The number of rotatable bonds is 2. The number of nitrogens with zero attached hydrogens (tertiary/aromatic N) is 2. The molecule has 3 rings (SSSR count). The Morgan fingerprint density at radius 1 is 1.10 bits per heavy atom. The second kappa shape index (κ2) is 5.26. The highest BCUT2D eigenvalue weighted by Crippen LogP contribution is 2.19. The van der Waals surface area contributed by atoms with Gasteiger partial charge >= 0.3 is 0 Å². The van der Waals surface area contributed by atoms with E-state index in [2.05, 4.69) is 25.8 Å². The molecule has 3 aromatic rings. The summed E-state index contributed by atoms with van der Waals surface area (Å²) in [6.07, 6.45) is 0. The van der Waals surface area contributed by atoms with E-state index in [-0.39, 0.29) is 0 Å². The van der Waals surface area contributed by atoms with Gasteiger partial charge in [0.25, 0.3) is 0 Å². The van der Waals surface area contributed by atoms with Gasteiger partial charge in [-0.25, -0.2) is 4.98 Å². The lowest BCUT2D eigenvalue weighted by Gasteiger charge is -2.08. The third-order valence-corrected chi connectivity index (χ3v) is 3.03. The molecular weight excluding hydrogens is 270 g/mol. The highest BCUT2D eigenvalue weighted by molar-refractivity contribution is 7.80. The molecule has 2 aromatic heterocycles. The first-order chi connectivity index (χ1) is 9.72. The van der Waals surface area contributed by atoms with E-state index in [4.69, 9.17) is 12.2 Å². The Morgan fingerprint density at radius 2 is 1.90 bits per heavy atom. The zero-order valence-electron chi connectivity index (χ0n) is 10.8. The topological polar surface area (TPSA) is 65.6 Å². The molecule has 0 aliphatic rings. The van der Waals surface area contributed by atoms with Crippen molar-refractivity contribution in [1.82, 2.24) is 15.2 Å². The molecule has 0 amide bonds. The van der Waals surface area contributed by atoms with Gasteiger partial charge < -0.3 is 10.6 Å². The van der Waals surface area contributed by atoms with Crippen LogP contribution in [0.25, 0.3) is 11.0 Å². The number of aromatic nitrogens is 3. The van der Waals surface area contributed by atoms with E-state index < -0.39 is 0 Å². The van der Waals surface area contributed by atoms with Crippen molar-refractivity contribution in [2.45, 2.75) is 6.92 Å². The lowest BCUT2D eigenvalue weighted by Crippen LogP contribution is -2.19. The number of aromatic amines is 1. The smallest absolute Gasteiger partial charge is 0.176 e. The van der Waals surface area contributed by atoms with E-state index in [1.54, 1.807) is 0 Å². The average Bonchev–Trinajstić information content (AvgIpc) is 2.82. The molecule has 100 valence electrons. The van der Waals surface area contributed by atoms with E-state index >= 15 is 0 Å². The van der Waals surface area contributed by atoms with E-state index in [0.717, 1.165) is 22.4 Å². The van der Waals surface area contributed by atoms with Crippen molar-refractivity contribution in [3.63, 3.8) is 0 Å². The van der Waals surface area contributed by atoms with Gasteiger partial charge in [-0.05, 0) is 43.4 Å². The number of H-pyrrole nitrogens is 1. The Hall–Kier alpha value is -2.47. The fourth-order valence-electron chi connectivity index (χ4n) is 1.89. The van der Waals surface area contributed by atoms with Crippen LogP contribution in [0.3, 0.4) is 0 Å². The van der Waals surface area contributed by atoms with Crippen LogP contribution in [0.4, 0.5) is 11.5 Å². The molecule has 0 aliphatic carbocycles. The van der Waals surface area contributed by atoms with E-state index in [1.807, 2.05) is 49.4 Å². The first-order valence-electron chi connectivity index (χ1n) is 6.17. The molecule has 0 fully saturated rings. The van der Waals surface area contributed by atoms with E-state index in [0.29, 0.717) is 10.9 Å². The van der Waals surface area contributed by atoms with Crippen molar-refractivity contribution in [2.24, 2.45) is 0 Å². The number of pyridine rings is 1. The molecule has 0 radical (unpaired) electrons. The van der Waals surface area contributed by atoms with E-state index in [1.165, 1.54) is 0 Å². The molecule has 0 saturated heterocycles. The van der Waals surface area contributed by atoms with Gasteiger partial charge in [0.15, 0.2) is 16.6 Å². The number of fused-ring (bicyclic) bond motifs is 1. The number of benzene rings is 1. The summed E-state index contributed by atoms with van der Waals surface area (Å²) in [4.78, 5) is 4.37. The molecule has 0 atom stereocenters. The summed E-state index contributed by atoms with van der Waals surface area (Å²) < 4.78 is 0. The van der Waals surface area contributed by atoms with Crippen molar-refractivity contribution < 1.29 is 0 Å². The maximum absolute atomic E-state index is 5.28. The average molecular weight is 283 g/mol. The summed E-state index contributed by atoms with van der Waals surface area (Å²) in [5.74, 6) is 0.668. The number of para-hydroxylation sites is 1. The molecule has 2 heterocycles. The fourth-order valence-corrected chi connectivity index (χ4v) is 2.10. The number of thiocarbonyl (C=S) groups is 1. The molecule has 3 N–H and O–H groups in total. The zero-order valence-corrected chi connectivity index (χ0v) is 11.7. The van der Waals surface area contributed by atoms with Crippen molar-refractivity contribution in [3.8, 4) is 0 Å². The Morgan fingerprint density at radius 3 is 2.70 bits per heavy atom. The molecule has 6 heteroatoms. The van der Waals surface area contributed by atoms with Gasteiger partial charge in [0.05, 0.1) is 5.39 Å².